The van der Waals surface area contributed by atoms with Crippen molar-refractivity contribution in [3.05, 3.63) is 0 Å². The molecule has 0 aliphatic heterocycles. The van der Waals surface area contributed by atoms with Crippen molar-refractivity contribution < 1.29 is 4.79 Å². The van der Waals surface area contributed by atoms with Crippen molar-refractivity contribution in [1.82, 2.24) is 0 Å². The smallest absolute Gasteiger partial charge is 0.135 e. The van der Waals surface area contributed by atoms with Gasteiger partial charge in [-0.05, 0) is 19.3 Å². The lowest BCUT2D eigenvalue weighted by molar-refractivity contribution is -0.125. The number of carbonyl (C=O) groups is 1. The second-order valence-electron chi connectivity index (χ2n) is 7.09. The molecule has 0 unspecified atom stereocenters. The highest BCUT2D eigenvalue weighted by molar-refractivity contribution is 5.81. The van der Waals surface area contributed by atoms with Crippen LogP contribution in [0.15, 0.2) is 0 Å². The van der Waals surface area contributed by atoms with Crippen LogP contribution in [0.4, 0.5) is 0 Å². The quantitative estimate of drug-likeness (QED) is 0.302. The Hall–Kier alpha value is -0.330. The maximum Gasteiger partial charge on any atom is 0.135 e. The van der Waals surface area contributed by atoms with E-state index in [0.29, 0.717) is 11.7 Å². The van der Waals surface area contributed by atoms with Crippen LogP contribution < -0.4 is 0 Å². The minimum Gasteiger partial charge on any atom is -0.299 e. The summed E-state index contributed by atoms with van der Waals surface area (Å²) in [6.07, 6.45) is 22.5. The molecular weight excluding hydrogens is 256 g/mol. The van der Waals surface area contributed by atoms with Gasteiger partial charge in [0.15, 0.2) is 0 Å². The van der Waals surface area contributed by atoms with Gasteiger partial charge in [-0.25, -0.2) is 0 Å². The molecule has 1 saturated carbocycles. The predicted molar refractivity (Wildman–Crippen MR) is 92.7 cm³/mol. The summed E-state index contributed by atoms with van der Waals surface area (Å²) in [6, 6.07) is 0. The Balaban J connectivity index is 1.69. The van der Waals surface area contributed by atoms with Crippen molar-refractivity contribution in [3.63, 3.8) is 0 Å². The van der Waals surface area contributed by atoms with E-state index in [-0.39, 0.29) is 0 Å². The Morgan fingerprint density at radius 2 is 1.14 bits per heavy atom. The van der Waals surface area contributed by atoms with Crippen molar-refractivity contribution >= 4 is 5.78 Å². The van der Waals surface area contributed by atoms with Crippen LogP contribution in [0.3, 0.4) is 0 Å². The summed E-state index contributed by atoms with van der Waals surface area (Å²) >= 11 is 0. The van der Waals surface area contributed by atoms with E-state index < -0.39 is 0 Å². The fourth-order valence-corrected chi connectivity index (χ4v) is 3.25. The van der Waals surface area contributed by atoms with Crippen LogP contribution in [0.1, 0.15) is 116 Å². The van der Waals surface area contributed by atoms with Gasteiger partial charge in [0.1, 0.15) is 5.78 Å². The highest BCUT2D eigenvalue weighted by atomic mass is 16.1. The zero-order valence-corrected chi connectivity index (χ0v) is 14.5. The molecule has 0 heterocycles. The Kier molecular flexibility index (Phi) is 11.9. The van der Waals surface area contributed by atoms with E-state index in [1.165, 1.54) is 96.3 Å². The molecule has 124 valence electrons. The van der Waals surface area contributed by atoms with Crippen molar-refractivity contribution in [3.8, 4) is 0 Å². The number of hydrogen-bond donors (Lipinski definition) is 0. The topological polar surface area (TPSA) is 17.1 Å². The van der Waals surface area contributed by atoms with Crippen molar-refractivity contribution in [2.45, 2.75) is 116 Å². The molecule has 0 saturated heterocycles. The summed E-state index contributed by atoms with van der Waals surface area (Å²) in [5.41, 5.74) is 0. The molecule has 0 aromatic heterocycles. The monoisotopic (exact) mass is 294 g/mol. The molecule has 0 N–H and O–H groups in total. The first-order valence-electron chi connectivity index (χ1n) is 9.87. The third kappa shape index (κ3) is 10.1. The Morgan fingerprint density at radius 1 is 0.714 bits per heavy atom. The second-order valence-corrected chi connectivity index (χ2v) is 7.09. The van der Waals surface area contributed by atoms with E-state index in [9.17, 15) is 4.79 Å². The van der Waals surface area contributed by atoms with Crippen LogP contribution >= 0.6 is 0 Å². The largest absolute Gasteiger partial charge is 0.299 e. The molecule has 1 fully saturated rings. The van der Waals surface area contributed by atoms with Crippen LogP contribution in [-0.2, 0) is 4.79 Å². The van der Waals surface area contributed by atoms with Crippen LogP contribution in [0, 0.1) is 5.92 Å². The Labute approximate surface area is 133 Å². The molecule has 21 heavy (non-hydrogen) atoms. The summed E-state index contributed by atoms with van der Waals surface area (Å²) in [7, 11) is 0. The van der Waals surface area contributed by atoms with Gasteiger partial charge in [0.2, 0.25) is 0 Å². The molecule has 1 aliphatic rings. The maximum absolute atomic E-state index is 11.7. The Bertz CT molecular complexity index is 242. The van der Waals surface area contributed by atoms with E-state index in [4.69, 9.17) is 0 Å². The number of ketones is 1. The lowest BCUT2D eigenvalue weighted by Gasteiger charge is -2.23. The van der Waals surface area contributed by atoms with Gasteiger partial charge >= 0.3 is 0 Å². The summed E-state index contributed by atoms with van der Waals surface area (Å²) in [6.45, 7) is 2.28. The molecule has 1 nitrogen and oxygen atoms in total. The van der Waals surface area contributed by atoms with Crippen LogP contribution in [0.25, 0.3) is 0 Å². The maximum atomic E-state index is 11.7. The molecule has 0 aromatic carbocycles. The van der Waals surface area contributed by atoms with E-state index in [1.54, 1.807) is 0 Å². The van der Waals surface area contributed by atoms with Crippen LogP contribution in [-0.4, -0.2) is 5.78 Å². The minimum absolute atomic E-state index is 0.460. The fourth-order valence-electron chi connectivity index (χ4n) is 3.25. The van der Waals surface area contributed by atoms with Gasteiger partial charge in [0.05, 0.1) is 0 Å². The molecule has 0 aromatic rings. The van der Waals surface area contributed by atoms with Gasteiger partial charge < -0.3 is 0 Å². The number of rotatable bonds is 15. The Morgan fingerprint density at radius 3 is 1.52 bits per heavy atom. The van der Waals surface area contributed by atoms with E-state index >= 15 is 0 Å². The molecule has 1 rings (SSSR count). The first-order chi connectivity index (χ1) is 10.3. The second kappa shape index (κ2) is 13.3. The van der Waals surface area contributed by atoms with E-state index in [2.05, 4.69) is 6.92 Å². The standard InChI is InChI=1S/C20H38O/c1-2-3-4-5-6-7-8-9-10-11-12-13-14-18-20(21)19-16-15-17-19/h19H,2-18H2,1H3. The van der Waals surface area contributed by atoms with Crippen molar-refractivity contribution in [1.29, 1.82) is 0 Å². The number of carbonyl (C=O) groups excluding carboxylic acids is 1. The molecule has 0 amide bonds. The first-order valence-corrected chi connectivity index (χ1v) is 9.87. The van der Waals surface area contributed by atoms with E-state index in [1.807, 2.05) is 0 Å². The van der Waals surface area contributed by atoms with Gasteiger partial charge in [0, 0.05) is 12.3 Å². The predicted octanol–water partition coefficient (Wildman–Crippen LogP) is 6.84. The summed E-state index contributed by atoms with van der Waals surface area (Å²) < 4.78 is 0. The molecular formula is C20H38O. The molecule has 0 atom stereocenters. The number of hydrogen-bond acceptors (Lipinski definition) is 1. The minimum atomic E-state index is 0.460. The fraction of sp³-hybridized carbons (Fsp3) is 0.950. The van der Waals surface area contributed by atoms with Gasteiger partial charge in [0.25, 0.3) is 0 Å². The van der Waals surface area contributed by atoms with Gasteiger partial charge in [-0.2, -0.15) is 0 Å². The number of Topliss-reactive ketones (excluding diaryl/α,β-unsaturated/α-hetero) is 1. The highest BCUT2D eigenvalue weighted by Gasteiger charge is 2.23. The highest BCUT2D eigenvalue weighted by Crippen LogP contribution is 2.28. The van der Waals surface area contributed by atoms with Gasteiger partial charge in [-0.15, -0.1) is 0 Å². The SMILES string of the molecule is CCCCCCCCCCCCCCCC(=O)C1CCC1. The van der Waals surface area contributed by atoms with Crippen LogP contribution in [0.2, 0.25) is 0 Å². The summed E-state index contributed by atoms with van der Waals surface area (Å²) in [5.74, 6) is 1.02. The summed E-state index contributed by atoms with van der Waals surface area (Å²) in [4.78, 5) is 11.7. The zero-order chi connectivity index (χ0) is 15.2. The summed E-state index contributed by atoms with van der Waals surface area (Å²) in [5, 5.41) is 0. The normalized spacial score (nSPS) is 15.1. The zero-order valence-electron chi connectivity index (χ0n) is 14.5. The molecule has 0 bridgehead atoms. The third-order valence-electron chi connectivity index (χ3n) is 5.09. The molecule has 1 aliphatic carbocycles. The van der Waals surface area contributed by atoms with Crippen molar-refractivity contribution in [2.75, 3.05) is 0 Å². The average molecular weight is 295 g/mol. The lowest BCUT2D eigenvalue weighted by atomic mass is 9.80. The third-order valence-corrected chi connectivity index (χ3v) is 5.09. The molecule has 0 spiro atoms. The van der Waals surface area contributed by atoms with Gasteiger partial charge in [-0.3, -0.25) is 4.79 Å². The first kappa shape index (κ1) is 18.7. The molecule has 1 heteroatoms. The average Bonchev–Trinajstić information content (AvgIpc) is 2.42. The van der Waals surface area contributed by atoms with Crippen LogP contribution in [0.5, 0.6) is 0 Å². The van der Waals surface area contributed by atoms with Gasteiger partial charge in [-0.1, -0.05) is 90.4 Å². The van der Waals surface area contributed by atoms with Crippen molar-refractivity contribution in [2.24, 2.45) is 5.92 Å². The van der Waals surface area contributed by atoms with E-state index in [0.717, 1.165) is 12.8 Å². The molecule has 0 radical (unpaired) electrons. The lowest BCUT2D eigenvalue weighted by Crippen LogP contribution is -2.21. The number of unbranched alkanes of at least 4 members (excludes halogenated alkanes) is 12.